The number of benzene rings is 2. The Morgan fingerprint density at radius 1 is 1.15 bits per heavy atom. The molecule has 2 rings (SSSR count). The Balaban J connectivity index is 2.06. The van der Waals surface area contributed by atoms with Crippen LogP contribution >= 0.6 is 23.2 Å². The van der Waals surface area contributed by atoms with Crippen LogP contribution in [0.2, 0.25) is 10.0 Å². The summed E-state index contributed by atoms with van der Waals surface area (Å²) >= 11 is 12.1. The highest BCUT2D eigenvalue weighted by molar-refractivity contribution is 6.35. The summed E-state index contributed by atoms with van der Waals surface area (Å²) in [5.41, 5.74) is 2.15. The van der Waals surface area contributed by atoms with Gasteiger partial charge in [-0.05, 0) is 30.7 Å². The molecule has 0 spiro atoms. The van der Waals surface area contributed by atoms with Crippen LogP contribution in [-0.4, -0.2) is 7.11 Å². The lowest BCUT2D eigenvalue weighted by Gasteiger charge is -2.17. The summed E-state index contributed by atoms with van der Waals surface area (Å²) in [7, 11) is 1.68. The Labute approximate surface area is 129 Å². The maximum Gasteiger partial charge on any atom is 0.123 e. The van der Waals surface area contributed by atoms with E-state index < -0.39 is 0 Å². The molecule has 0 fully saturated rings. The van der Waals surface area contributed by atoms with Gasteiger partial charge in [-0.3, -0.25) is 0 Å². The van der Waals surface area contributed by atoms with Crippen LogP contribution < -0.4 is 10.1 Å². The summed E-state index contributed by atoms with van der Waals surface area (Å²) in [6.07, 6.45) is 0. The van der Waals surface area contributed by atoms with E-state index in [9.17, 15) is 0 Å². The molecule has 2 aromatic carbocycles. The number of hydrogen-bond donors (Lipinski definition) is 1. The number of halogens is 2. The molecule has 0 aliphatic heterocycles. The SMILES string of the molecule is COc1ccccc1CNC(C)c1ccc(Cl)cc1Cl. The van der Waals surface area contributed by atoms with Crippen molar-refractivity contribution >= 4 is 23.2 Å². The van der Waals surface area contributed by atoms with Crippen molar-refractivity contribution in [3.05, 3.63) is 63.6 Å². The van der Waals surface area contributed by atoms with Gasteiger partial charge < -0.3 is 10.1 Å². The van der Waals surface area contributed by atoms with Gasteiger partial charge in [0.15, 0.2) is 0 Å². The summed E-state index contributed by atoms with van der Waals surface area (Å²) in [5.74, 6) is 0.884. The van der Waals surface area contributed by atoms with Crippen molar-refractivity contribution in [2.75, 3.05) is 7.11 Å². The van der Waals surface area contributed by atoms with E-state index in [2.05, 4.69) is 12.2 Å². The minimum atomic E-state index is 0.129. The number of ether oxygens (including phenoxy) is 1. The fourth-order valence-corrected chi connectivity index (χ4v) is 2.65. The average Bonchev–Trinajstić information content (AvgIpc) is 2.45. The number of methoxy groups -OCH3 is 1. The zero-order valence-electron chi connectivity index (χ0n) is 11.5. The third-order valence-corrected chi connectivity index (χ3v) is 3.78. The van der Waals surface area contributed by atoms with Crippen molar-refractivity contribution in [3.8, 4) is 5.75 Å². The number of nitrogens with one attached hydrogen (secondary N) is 1. The molecular weight excluding hydrogens is 293 g/mol. The Hall–Kier alpha value is -1.22. The molecule has 0 saturated heterocycles. The molecule has 0 saturated carbocycles. The lowest BCUT2D eigenvalue weighted by molar-refractivity contribution is 0.406. The van der Waals surface area contributed by atoms with Crippen molar-refractivity contribution in [1.82, 2.24) is 5.32 Å². The van der Waals surface area contributed by atoms with Crippen LogP contribution in [0.1, 0.15) is 24.1 Å². The molecule has 0 aromatic heterocycles. The fourth-order valence-electron chi connectivity index (χ4n) is 2.07. The number of rotatable bonds is 5. The van der Waals surface area contributed by atoms with E-state index in [1.165, 1.54) is 0 Å². The molecule has 2 aromatic rings. The summed E-state index contributed by atoms with van der Waals surface area (Å²) in [5, 5.41) is 4.77. The molecular formula is C16H17Cl2NO. The third-order valence-electron chi connectivity index (χ3n) is 3.22. The first kappa shape index (κ1) is 15.2. The van der Waals surface area contributed by atoms with Gasteiger partial charge in [-0.2, -0.15) is 0 Å². The largest absolute Gasteiger partial charge is 0.496 e. The summed E-state index contributed by atoms with van der Waals surface area (Å²) in [6.45, 7) is 2.79. The topological polar surface area (TPSA) is 21.3 Å². The minimum Gasteiger partial charge on any atom is -0.496 e. The molecule has 1 N–H and O–H groups in total. The third kappa shape index (κ3) is 3.66. The second-order valence-electron chi connectivity index (χ2n) is 4.58. The monoisotopic (exact) mass is 309 g/mol. The second kappa shape index (κ2) is 6.98. The van der Waals surface area contributed by atoms with E-state index in [4.69, 9.17) is 27.9 Å². The Morgan fingerprint density at radius 3 is 2.60 bits per heavy atom. The molecule has 106 valence electrons. The quantitative estimate of drug-likeness (QED) is 0.852. The molecule has 1 atom stereocenters. The standard InChI is InChI=1S/C16H17Cl2NO/c1-11(14-8-7-13(17)9-15(14)18)19-10-12-5-3-4-6-16(12)20-2/h3-9,11,19H,10H2,1-2H3. The predicted octanol–water partition coefficient (Wildman–Crippen LogP) is 4.85. The zero-order valence-corrected chi connectivity index (χ0v) is 13.0. The first-order valence-corrected chi connectivity index (χ1v) is 7.17. The average molecular weight is 310 g/mol. The Morgan fingerprint density at radius 2 is 1.90 bits per heavy atom. The highest BCUT2D eigenvalue weighted by atomic mass is 35.5. The van der Waals surface area contributed by atoms with Gasteiger partial charge in [-0.25, -0.2) is 0 Å². The van der Waals surface area contributed by atoms with Crippen molar-refractivity contribution in [2.45, 2.75) is 19.5 Å². The van der Waals surface area contributed by atoms with Gasteiger partial charge in [0.05, 0.1) is 7.11 Å². The van der Waals surface area contributed by atoms with Gasteiger partial charge in [-0.15, -0.1) is 0 Å². The summed E-state index contributed by atoms with van der Waals surface area (Å²) < 4.78 is 5.34. The molecule has 2 nitrogen and oxygen atoms in total. The molecule has 4 heteroatoms. The molecule has 0 bridgehead atoms. The van der Waals surface area contributed by atoms with Gasteiger partial charge >= 0.3 is 0 Å². The van der Waals surface area contributed by atoms with Crippen molar-refractivity contribution < 1.29 is 4.74 Å². The normalized spacial score (nSPS) is 12.2. The van der Waals surface area contributed by atoms with E-state index in [1.807, 2.05) is 36.4 Å². The van der Waals surface area contributed by atoms with Crippen LogP contribution in [0, 0.1) is 0 Å². The lowest BCUT2D eigenvalue weighted by atomic mass is 10.1. The first-order valence-electron chi connectivity index (χ1n) is 6.42. The first-order chi connectivity index (χ1) is 9.61. The lowest BCUT2D eigenvalue weighted by Crippen LogP contribution is -2.18. The summed E-state index contributed by atoms with van der Waals surface area (Å²) in [6, 6.07) is 13.7. The maximum atomic E-state index is 6.22. The van der Waals surface area contributed by atoms with Gasteiger partial charge in [0.1, 0.15) is 5.75 Å². The predicted molar refractivity (Wildman–Crippen MR) is 84.7 cm³/mol. The van der Waals surface area contributed by atoms with Crippen LogP contribution in [-0.2, 0) is 6.54 Å². The van der Waals surface area contributed by atoms with Gasteiger partial charge in [-0.1, -0.05) is 47.5 Å². The van der Waals surface area contributed by atoms with Gasteiger partial charge in [0, 0.05) is 28.2 Å². The molecule has 0 aliphatic carbocycles. The maximum absolute atomic E-state index is 6.22. The van der Waals surface area contributed by atoms with Crippen molar-refractivity contribution in [2.24, 2.45) is 0 Å². The molecule has 0 radical (unpaired) electrons. The highest BCUT2D eigenvalue weighted by Gasteiger charge is 2.10. The molecule has 0 aliphatic rings. The van der Waals surface area contributed by atoms with Crippen LogP contribution in [0.4, 0.5) is 0 Å². The molecule has 0 amide bonds. The number of hydrogen-bond acceptors (Lipinski definition) is 2. The van der Waals surface area contributed by atoms with Crippen LogP contribution in [0.25, 0.3) is 0 Å². The van der Waals surface area contributed by atoms with Crippen LogP contribution in [0.5, 0.6) is 5.75 Å². The smallest absolute Gasteiger partial charge is 0.123 e. The van der Waals surface area contributed by atoms with E-state index in [0.29, 0.717) is 16.6 Å². The molecule has 0 heterocycles. The Kier molecular flexibility index (Phi) is 5.30. The summed E-state index contributed by atoms with van der Waals surface area (Å²) in [4.78, 5) is 0. The van der Waals surface area contributed by atoms with Crippen LogP contribution in [0.15, 0.2) is 42.5 Å². The molecule has 1 unspecified atom stereocenters. The van der Waals surface area contributed by atoms with E-state index >= 15 is 0 Å². The van der Waals surface area contributed by atoms with E-state index in [0.717, 1.165) is 16.9 Å². The highest BCUT2D eigenvalue weighted by Crippen LogP contribution is 2.26. The number of para-hydroxylation sites is 1. The Bertz CT molecular complexity index is 586. The van der Waals surface area contributed by atoms with Gasteiger partial charge in [0.2, 0.25) is 0 Å². The van der Waals surface area contributed by atoms with E-state index in [1.54, 1.807) is 13.2 Å². The van der Waals surface area contributed by atoms with E-state index in [-0.39, 0.29) is 6.04 Å². The fraction of sp³-hybridized carbons (Fsp3) is 0.250. The van der Waals surface area contributed by atoms with Gasteiger partial charge in [0.25, 0.3) is 0 Å². The molecule has 20 heavy (non-hydrogen) atoms. The van der Waals surface area contributed by atoms with Crippen molar-refractivity contribution in [1.29, 1.82) is 0 Å². The van der Waals surface area contributed by atoms with Crippen molar-refractivity contribution in [3.63, 3.8) is 0 Å². The minimum absolute atomic E-state index is 0.129. The second-order valence-corrected chi connectivity index (χ2v) is 5.42. The zero-order chi connectivity index (χ0) is 14.5. The van der Waals surface area contributed by atoms with Crippen LogP contribution in [0.3, 0.4) is 0 Å².